The number of H-pyrrole nitrogens is 1. The number of hydrogen-bond donors (Lipinski definition) is 2. The van der Waals surface area contributed by atoms with E-state index in [1.54, 1.807) is 19.9 Å². The predicted octanol–water partition coefficient (Wildman–Crippen LogP) is 1.66. The van der Waals surface area contributed by atoms with Gasteiger partial charge in [0.1, 0.15) is 0 Å². The van der Waals surface area contributed by atoms with E-state index in [9.17, 15) is 9.59 Å². The molecule has 2 rings (SSSR count). The lowest BCUT2D eigenvalue weighted by molar-refractivity contribution is -0.141. The van der Waals surface area contributed by atoms with E-state index in [-0.39, 0.29) is 12.4 Å². The second-order valence-electron chi connectivity index (χ2n) is 4.38. The standard InChI is InChI=1S/C14H16N4O3/c1-3-21-12(19)8-9(2)17-18-13-10-6-4-5-7-11(10)15-14(20)16-13/h4-7H,3,8H2,1-2H3,(H2,15,16,18,20)/b17-9+. The number of carbonyl (C=O) groups is 1. The fourth-order valence-electron chi connectivity index (χ4n) is 1.80. The summed E-state index contributed by atoms with van der Waals surface area (Å²) in [4.78, 5) is 29.3. The smallest absolute Gasteiger partial charge is 0.347 e. The highest BCUT2D eigenvalue weighted by molar-refractivity contribution is 5.98. The maximum atomic E-state index is 11.5. The van der Waals surface area contributed by atoms with Gasteiger partial charge in [-0.25, -0.2) is 4.79 Å². The monoisotopic (exact) mass is 288 g/mol. The van der Waals surface area contributed by atoms with Crippen LogP contribution in [0.3, 0.4) is 0 Å². The van der Waals surface area contributed by atoms with E-state index in [0.717, 1.165) is 5.39 Å². The van der Waals surface area contributed by atoms with Crippen LogP contribution in [0.4, 0.5) is 5.82 Å². The van der Waals surface area contributed by atoms with Crippen LogP contribution >= 0.6 is 0 Å². The highest BCUT2D eigenvalue weighted by atomic mass is 16.5. The average molecular weight is 288 g/mol. The lowest BCUT2D eigenvalue weighted by Crippen LogP contribution is -2.14. The van der Waals surface area contributed by atoms with Crippen molar-refractivity contribution < 1.29 is 9.53 Å². The molecule has 0 aliphatic carbocycles. The highest BCUT2D eigenvalue weighted by Gasteiger charge is 2.06. The first kappa shape index (κ1) is 14.7. The number of ether oxygens (including phenoxy) is 1. The minimum Gasteiger partial charge on any atom is -0.466 e. The quantitative estimate of drug-likeness (QED) is 0.495. The third-order valence-corrected chi connectivity index (χ3v) is 2.70. The number of rotatable bonds is 5. The Morgan fingerprint density at radius 1 is 1.43 bits per heavy atom. The first-order valence-corrected chi connectivity index (χ1v) is 6.54. The number of aromatic amines is 1. The van der Waals surface area contributed by atoms with E-state index in [4.69, 9.17) is 4.74 Å². The number of aromatic nitrogens is 2. The van der Waals surface area contributed by atoms with Crippen molar-refractivity contribution in [3.8, 4) is 0 Å². The maximum absolute atomic E-state index is 11.5. The molecule has 0 amide bonds. The van der Waals surface area contributed by atoms with Gasteiger partial charge in [-0.05, 0) is 26.0 Å². The Balaban J connectivity index is 2.20. The molecule has 0 fully saturated rings. The molecular formula is C14H16N4O3. The molecule has 0 aliphatic heterocycles. The van der Waals surface area contributed by atoms with E-state index >= 15 is 0 Å². The number of esters is 1. The largest absolute Gasteiger partial charge is 0.466 e. The van der Waals surface area contributed by atoms with Gasteiger partial charge in [0.2, 0.25) is 0 Å². The summed E-state index contributed by atoms with van der Waals surface area (Å²) in [5, 5.41) is 4.80. The topological polar surface area (TPSA) is 96.4 Å². The van der Waals surface area contributed by atoms with Crippen molar-refractivity contribution in [2.45, 2.75) is 20.3 Å². The SMILES string of the molecule is CCOC(=O)C/C(C)=N/Nc1nc(=O)[nH]c2ccccc12. The van der Waals surface area contributed by atoms with Crippen LogP contribution in [-0.2, 0) is 9.53 Å². The molecule has 2 aromatic rings. The fraction of sp³-hybridized carbons (Fsp3) is 0.286. The van der Waals surface area contributed by atoms with E-state index in [2.05, 4.69) is 20.5 Å². The Hall–Kier alpha value is -2.70. The molecule has 0 atom stereocenters. The van der Waals surface area contributed by atoms with Crippen molar-refractivity contribution >= 4 is 28.4 Å². The Labute approximate surface area is 121 Å². The zero-order valence-corrected chi connectivity index (χ0v) is 11.8. The van der Waals surface area contributed by atoms with Crippen molar-refractivity contribution in [1.82, 2.24) is 9.97 Å². The number of para-hydroxylation sites is 1. The van der Waals surface area contributed by atoms with Crippen molar-refractivity contribution in [2.75, 3.05) is 12.0 Å². The molecule has 1 aromatic heterocycles. The summed E-state index contributed by atoms with van der Waals surface area (Å²) >= 11 is 0. The molecule has 0 radical (unpaired) electrons. The molecule has 0 bridgehead atoms. The number of nitrogens with zero attached hydrogens (tertiary/aromatic N) is 2. The van der Waals surface area contributed by atoms with Gasteiger partial charge in [-0.15, -0.1) is 0 Å². The highest BCUT2D eigenvalue weighted by Crippen LogP contribution is 2.16. The van der Waals surface area contributed by atoms with Crippen LogP contribution in [0.15, 0.2) is 34.2 Å². The molecule has 1 aromatic carbocycles. The van der Waals surface area contributed by atoms with Gasteiger partial charge in [-0.3, -0.25) is 10.2 Å². The van der Waals surface area contributed by atoms with Crippen molar-refractivity contribution in [1.29, 1.82) is 0 Å². The maximum Gasteiger partial charge on any atom is 0.347 e. The number of benzene rings is 1. The van der Waals surface area contributed by atoms with Gasteiger partial charge in [-0.2, -0.15) is 10.1 Å². The Morgan fingerprint density at radius 2 is 2.19 bits per heavy atom. The van der Waals surface area contributed by atoms with Gasteiger partial charge in [-0.1, -0.05) is 12.1 Å². The number of anilines is 1. The lowest BCUT2D eigenvalue weighted by atomic mass is 10.2. The van der Waals surface area contributed by atoms with Crippen LogP contribution in [0.25, 0.3) is 10.9 Å². The van der Waals surface area contributed by atoms with Crippen LogP contribution in [0, 0.1) is 0 Å². The minimum absolute atomic E-state index is 0.0853. The number of fused-ring (bicyclic) bond motifs is 1. The molecule has 0 unspecified atom stereocenters. The zero-order valence-electron chi connectivity index (χ0n) is 11.8. The Morgan fingerprint density at radius 3 is 2.95 bits per heavy atom. The summed E-state index contributed by atoms with van der Waals surface area (Å²) in [7, 11) is 0. The lowest BCUT2D eigenvalue weighted by Gasteiger charge is -2.05. The number of nitrogens with one attached hydrogen (secondary N) is 2. The van der Waals surface area contributed by atoms with Gasteiger partial charge < -0.3 is 9.72 Å². The first-order valence-electron chi connectivity index (χ1n) is 6.54. The van der Waals surface area contributed by atoms with E-state index in [1.807, 2.05) is 18.2 Å². The number of hydrogen-bond acceptors (Lipinski definition) is 6. The second-order valence-corrected chi connectivity index (χ2v) is 4.38. The van der Waals surface area contributed by atoms with Crippen LogP contribution in [0.1, 0.15) is 20.3 Å². The third-order valence-electron chi connectivity index (χ3n) is 2.70. The van der Waals surface area contributed by atoms with E-state index in [1.165, 1.54) is 0 Å². The normalized spacial score (nSPS) is 11.4. The van der Waals surface area contributed by atoms with Gasteiger partial charge in [0.05, 0.1) is 18.5 Å². The molecule has 2 N–H and O–H groups in total. The molecule has 7 heteroatoms. The van der Waals surface area contributed by atoms with Crippen LogP contribution in [0.5, 0.6) is 0 Å². The predicted molar refractivity (Wildman–Crippen MR) is 80.3 cm³/mol. The van der Waals surface area contributed by atoms with Crippen molar-refractivity contribution in [3.63, 3.8) is 0 Å². The van der Waals surface area contributed by atoms with Crippen LogP contribution < -0.4 is 11.1 Å². The summed E-state index contributed by atoms with van der Waals surface area (Å²) in [5.41, 5.74) is 3.47. The summed E-state index contributed by atoms with van der Waals surface area (Å²) < 4.78 is 4.84. The summed E-state index contributed by atoms with van der Waals surface area (Å²) in [6, 6.07) is 7.25. The molecule has 1 heterocycles. The summed E-state index contributed by atoms with van der Waals surface area (Å²) in [5.74, 6) is 0.00170. The fourth-order valence-corrected chi connectivity index (χ4v) is 1.80. The van der Waals surface area contributed by atoms with Gasteiger partial charge in [0.15, 0.2) is 5.82 Å². The molecule has 0 spiro atoms. The molecule has 0 saturated heterocycles. The van der Waals surface area contributed by atoms with Gasteiger partial charge in [0.25, 0.3) is 0 Å². The summed E-state index contributed by atoms with van der Waals surface area (Å²) in [6.45, 7) is 3.77. The summed E-state index contributed by atoms with van der Waals surface area (Å²) in [6.07, 6.45) is 0.0853. The Bertz CT molecular complexity index is 736. The van der Waals surface area contributed by atoms with E-state index < -0.39 is 5.69 Å². The number of hydrazone groups is 1. The van der Waals surface area contributed by atoms with Crippen LogP contribution in [-0.4, -0.2) is 28.3 Å². The number of carbonyl (C=O) groups excluding carboxylic acids is 1. The minimum atomic E-state index is -0.463. The molecule has 0 saturated carbocycles. The molecule has 0 aliphatic rings. The average Bonchev–Trinajstić information content (AvgIpc) is 2.44. The van der Waals surface area contributed by atoms with Gasteiger partial charge >= 0.3 is 11.7 Å². The van der Waals surface area contributed by atoms with Crippen molar-refractivity contribution in [3.05, 3.63) is 34.7 Å². The molecular weight excluding hydrogens is 272 g/mol. The molecule has 110 valence electrons. The molecule has 7 nitrogen and oxygen atoms in total. The third kappa shape index (κ3) is 3.88. The van der Waals surface area contributed by atoms with Crippen molar-refractivity contribution in [2.24, 2.45) is 5.10 Å². The second kappa shape index (κ2) is 6.65. The van der Waals surface area contributed by atoms with E-state index in [0.29, 0.717) is 23.7 Å². The van der Waals surface area contributed by atoms with Gasteiger partial charge in [0, 0.05) is 11.1 Å². The zero-order chi connectivity index (χ0) is 15.2. The molecule has 21 heavy (non-hydrogen) atoms. The van der Waals surface area contributed by atoms with Crippen LogP contribution in [0.2, 0.25) is 0 Å². The first-order chi connectivity index (χ1) is 10.1. The Kier molecular flexibility index (Phi) is 4.65.